The number of ketones is 1. The third kappa shape index (κ3) is 3.30. The summed E-state index contributed by atoms with van der Waals surface area (Å²) in [5, 5.41) is 2.92. The summed E-state index contributed by atoms with van der Waals surface area (Å²) in [6.45, 7) is 2.59. The third-order valence-corrected chi connectivity index (χ3v) is 4.76. The number of nitroso groups, excluding NO2 is 1. The fourth-order valence-electron chi connectivity index (χ4n) is 3.67. The predicted octanol–water partition coefficient (Wildman–Crippen LogP) is 2.52. The molecule has 0 aromatic rings. The largest absolute Gasteiger partial charge is 0.296 e. The van der Waals surface area contributed by atoms with Gasteiger partial charge in [0.2, 0.25) is 0 Å². The Bertz CT molecular complexity index is 541. The van der Waals surface area contributed by atoms with Crippen molar-refractivity contribution in [2.75, 3.05) is 19.6 Å². The van der Waals surface area contributed by atoms with Crippen LogP contribution in [0.2, 0.25) is 0 Å². The van der Waals surface area contributed by atoms with E-state index in [9.17, 15) is 9.70 Å². The number of carbonyl (C=O) groups excluding carboxylic acids is 1. The van der Waals surface area contributed by atoms with Gasteiger partial charge in [0.15, 0.2) is 5.78 Å². The lowest BCUT2D eigenvalue weighted by atomic mass is 10.0. The molecule has 0 bridgehead atoms. The monoisotopic (exact) mass is 284 g/mol. The van der Waals surface area contributed by atoms with Gasteiger partial charge in [-0.15, -0.1) is 4.91 Å². The summed E-state index contributed by atoms with van der Waals surface area (Å²) >= 11 is 0. The molecule has 0 amide bonds. The van der Waals surface area contributed by atoms with E-state index in [0.29, 0.717) is 18.7 Å². The van der Waals surface area contributed by atoms with Gasteiger partial charge in [0, 0.05) is 19.5 Å². The van der Waals surface area contributed by atoms with Crippen molar-refractivity contribution >= 4 is 5.78 Å². The highest BCUT2D eigenvalue weighted by molar-refractivity contribution is 5.87. The Kier molecular flexibility index (Phi) is 4.31. The van der Waals surface area contributed by atoms with E-state index in [1.165, 1.54) is 19.3 Å². The topological polar surface area (TPSA) is 49.7 Å². The number of Topliss-reactive ketones (excluding diaryl/α,β-unsaturated/α-hetero) is 1. The summed E-state index contributed by atoms with van der Waals surface area (Å²) in [7, 11) is 0. The summed E-state index contributed by atoms with van der Waals surface area (Å²) < 4.78 is 0. The lowest BCUT2D eigenvalue weighted by Crippen LogP contribution is -2.31. The lowest BCUT2D eigenvalue weighted by molar-refractivity contribution is -0.121. The fourth-order valence-corrected chi connectivity index (χ4v) is 3.67. The molecule has 0 spiro atoms. The van der Waals surface area contributed by atoms with Crippen LogP contribution in [0.3, 0.4) is 0 Å². The number of fused-ring (bicyclic) bond motifs is 1. The molecule has 3 aliphatic rings. The van der Waals surface area contributed by atoms with Gasteiger partial charge < -0.3 is 0 Å². The first-order valence-electron chi connectivity index (χ1n) is 7.71. The van der Waals surface area contributed by atoms with Gasteiger partial charge in [0.25, 0.3) is 0 Å². The molecule has 3 rings (SSSR count). The molecule has 4 nitrogen and oxygen atoms in total. The second-order valence-electron chi connectivity index (χ2n) is 6.19. The minimum absolute atomic E-state index is 0.130. The first-order chi connectivity index (χ1) is 10.3. The standard InChI is InChI=1S/C17H20N2O2/c20-17(12-19-10-14-5-3-6-15(14)11-19)13-4-1-2-7-16(18-21)9-8-13/h7-9,13-15H,2-3,5-6,10-12H2/b9-8-,16-7+/t13-,14-,15+/m1/s1. The van der Waals surface area contributed by atoms with Gasteiger partial charge in [-0.1, -0.05) is 24.3 Å². The number of allylic oxidation sites excluding steroid dienone is 3. The van der Waals surface area contributed by atoms with E-state index < -0.39 is 5.92 Å². The third-order valence-electron chi connectivity index (χ3n) is 4.76. The van der Waals surface area contributed by atoms with Crippen LogP contribution in [0, 0.1) is 34.5 Å². The van der Waals surface area contributed by atoms with Crippen molar-refractivity contribution in [2.24, 2.45) is 22.9 Å². The molecule has 1 heterocycles. The van der Waals surface area contributed by atoms with E-state index in [1.54, 1.807) is 18.2 Å². The number of hydrogen-bond acceptors (Lipinski definition) is 4. The van der Waals surface area contributed by atoms with Gasteiger partial charge in [-0.2, -0.15) is 0 Å². The maximum atomic E-state index is 12.4. The minimum atomic E-state index is -0.407. The summed E-state index contributed by atoms with van der Waals surface area (Å²) in [5.74, 6) is 7.24. The van der Waals surface area contributed by atoms with Crippen LogP contribution in [-0.4, -0.2) is 30.3 Å². The van der Waals surface area contributed by atoms with Gasteiger partial charge in [-0.25, -0.2) is 0 Å². The number of likely N-dealkylation sites (tertiary alicyclic amines) is 1. The van der Waals surface area contributed by atoms with Gasteiger partial charge in [-0.05, 0) is 42.0 Å². The predicted molar refractivity (Wildman–Crippen MR) is 81.2 cm³/mol. The molecular formula is C17H20N2O2. The molecule has 0 unspecified atom stereocenters. The molecule has 1 saturated heterocycles. The van der Waals surface area contributed by atoms with E-state index in [0.717, 1.165) is 24.9 Å². The zero-order valence-corrected chi connectivity index (χ0v) is 12.1. The van der Waals surface area contributed by atoms with Crippen LogP contribution in [0.25, 0.3) is 0 Å². The Balaban J connectivity index is 1.60. The molecule has 0 aromatic carbocycles. The summed E-state index contributed by atoms with van der Waals surface area (Å²) in [6.07, 6.45) is 9.46. The van der Waals surface area contributed by atoms with Crippen molar-refractivity contribution in [2.45, 2.75) is 25.7 Å². The Morgan fingerprint density at radius 2 is 2.10 bits per heavy atom. The van der Waals surface area contributed by atoms with Crippen LogP contribution in [0.4, 0.5) is 0 Å². The van der Waals surface area contributed by atoms with E-state index in [4.69, 9.17) is 0 Å². The number of rotatable bonds is 4. The van der Waals surface area contributed by atoms with Gasteiger partial charge in [-0.3, -0.25) is 9.69 Å². The average molecular weight is 284 g/mol. The van der Waals surface area contributed by atoms with E-state index in [2.05, 4.69) is 21.9 Å². The molecule has 1 aliphatic heterocycles. The highest BCUT2D eigenvalue weighted by Gasteiger charge is 2.36. The number of hydrogen-bond donors (Lipinski definition) is 0. The van der Waals surface area contributed by atoms with Gasteiger partial charge in [0.05, 0.1) is 12.5 Å². The molecule has 4 heteroatoms. The van der Waals surface area contributed by atoms with E-state index in [1.807, 2.05) is 0 Å². The summed E-state index contributed by atoms with van der Waals surface area (Å²) in [5.41, 5.74) is 0.359. The normalized spacial score (nSPS) is 35.6. The van der Waals surface area contributed by atoms with E-state index >= 15 is 0 Å². The number of nitrogens with zero attached hydrogens (tertiary/aromatic N) is 2. The lowest BCUT2D eigenvalue weighted by Gasteiger charge is -2.17. The average Bonchev–Trinajstić information content (AvgIpc) is 2.99. The zero-order valence-electron chi connectivity index (χ0n) is 12.1. The Morgan fingerprint density at radius 1 is 1.33 bits per heavy atom. The molecule has 2 fully saturated rings. The molecular weight excluding hydrogens is 264 g/mol. The molecule has 3 atom stereocenters. The fraction of sp³-hybridized carbons (Fsp3) is 0.588. The first kappa shape index (κ1) is 14.2. The van der Waals surface area contributed by atoms with Crippen molar-refractivity contribution in [3.05, 3.63) is 28.8 Å². The zero-order chi connectivity index (χ0) is 14.7. The van der Waals surface area contributed by atoms with Crippen molar-refractivity contribution in [3.63, 3.8) is 0 Å². The Labute approximate surface area is 125 Å². The van der Waals surface area contributed by atoms with E-state index in [-0.39, 0.29) is 5.78 Å². The molecule has 0 N–H and O–H groups in total. The van der Waals surface area contributed by atoms with Gasteiger partial charge in [0.1, 0.15) is 5.70 Å². The van der Waals surface area contributed by atoms with Crippen molar-refractivity contribution in [3.8, 4) is 11.8 Å². The second kappa shape index (κ2) is 6.36. The van der Waals surface area contributed by atoms with Crippen molar-refractivity contribution < 1.29 is 4.79 Å². The Morgan fingerprint density at radius 3 is 2.81 bits per heavy atom. The van der Waals surface area contributed by atoms with Crippen molar-refractivity contribution in [1.82, 2.24) is 4.90 Å². The maximum Gasteiger partial charge on any atom is 0.165 e. The quantitative estimate of drug-likeness (QED) is 0.589. The molecule has 0 aromatic heterocycles. The van der Waals surface area contributed by atoms with Crippen LogP contribution in [0.15, 0.2) is 29.1 Å². The second-order valence-corrected chi connectivity index (χ2v) is 6.19. The molecule has 1 saturated carbocycles. The Hall–Kier alpha value is -1.73. The molecule has 0 radical (unpaired) electrons. The molecule has 2 aliphatic carbocycles. The first-order valence-corrected chi connectivity index (χ1v) is 7.71. The molecule has 110 valence electrons. The maximum absolute atomic E-state index is 12.4. The van der Waals surface area contributed by atoms with Crippen molar-refractivity contribution in [1.29, 1.82) is 0 Å². The van der Waals surface area contributed by atoms with Gasteiger partial charge >= 0.3 is 0 Å². The van der Waals surface area contributed by atoms with Crippen LogP contribution in [0.5, 0.6) is 0 Å². The van der Waals surface area contributed by atoms with Crippen LogP contribution in [-0.2, 0) is 4.79 Å². The van der Waals surface area contributed by atoms with Crippen LogP contribution in [0.1, 0.15) is 25.7 Å². The van der Waals surface area contributed by atoms with Crippen LogP contribution >= 0.6 is 0 Å². The number of carbonyl (C=O) groups is 1. The summed E-state index contributed by atoms with van der Waals surface area (Å²) in [6, 6.07) is 0. The summed E-state index contributed by atoms with van der Waals surface area (Å²) in [4.78, 5) is 25.3. The SMILES string of the molecule is O=NC1=C/CC#C[C@@H](C(=O)CN2C[C@H]3CCC[C@H]3C2)/C=C\1. The van der Waals surface area contributed by atoms with Crippen LogP contribution < -0.4 is 0 Å². The highest BCUT2D eigenvalue weighted by atomic mass is 16.3. The molecule has 21 heavy (non-hydrogen) atoms. The minimum Gasteiger partial charge on any atom is -0.296 e. The smallest absolute Gasteiger partial charge is 0.165 e. The highest BCUT2D eigenvalue weighted by Crippen LogP contribution is 2.37.